The molecule has 9 rings (SSSR count). The van der Waals surface area contributed by atoms with E-state index in [1.165, 1.54) is 21.5 Å². The number of hydrogen-bond acceptors (Lipinski definition) is 11. The van der Waals surface area contributed by atoms with E-state index in [2.05, 4.69) is 16.2 Å². The van der Waals surface area contributed by atoms with Gasteiger partial charge in [-0.25, -0.2) is 4.79 Å². The summed E-state index contributed by atoms with van der Waals surface area (Å²) in [4.78, 5) is 54.6. The fraction of sp³-hybridized carbons (Fsp3) is 0.349. The Kier molecular flexibility index (Phi) is 10.1. The number of ether oxygens (including phenoxy) is 2. The number of aliphatic imine (C=N–C) groups is 1. The number of carbonyl (C=O) groups is 1. The van der Waals surface area contributed by atoms with Crippen LogP contribution in [0.25, 0.3) is 20.7 Å². The summed E-state index contributed by atoms with van der Waals surface area (Å²) in [5.74, 6) is 4.49. The summed E-state index contributed by atoms with van der Waals surface area (Å²) in [6.45, 7) is 5.09. The molecule has 0 spiro atoms. The monoisotopic (exact) mass is 802 g/mol. The minimum atomic E-state index is -0.426. The molecule has 292 valence electrons. The van der Waals surface area contributed by atoms with E-state index in [1.807, 2.05) is 90.3 Å². The molecule has 6 aromatic rings. The van der Waals surface area contributed by atoms with Crippen molar-refractivity contribution in [1.29, 1.82) is 0 Å². The fourth-order valence-electron chi connectivity index (χ4n) is 8.37. The van der Waals surface area contributed by atoms with Gasteiger partial charge in [-0.3, -0.25) is 23.7 Å². The number of thiophene rings is 1. The van der Waals surface area contributed by atoms with E-state index >= 15 is 0 Å². The molecule has 3 aromatic heterocycles. The van der Waals surface area contributed by atoms with Crippen LogP contribution in [0.3, 0.4) is 0 Å². The predicted octanol–water partition coefficient (Wildman–Crippen LogP) is 6.96. The maximum absolute atomic E-state index is 14.2. The molecule has 2 saturated heterocycles. The molecule has 1 amide bonds. The van der Waals surface area contributed by atoms with Crippen molar-refractivity contribution in [2.45, 2.75) is 57.7 Å². The van der Waals surface area contributed by atoms with Crippen LogP contribution in [0.1, 0.15) is 76.9 Å². The Labute approximate surface area is 337 Å². The highest BCUT2D eigenvalue weighted by molar-refractivity contribution is 7.99. The minimum absolute atomic E-state index is 0.0609. The highest BCUT2D eigenvalue weighted by Crippen LogP contribution is 2.44. The Morgan fingerprint density at radius 3 is 2.47 bits per heavy atom. The summed E-state index contributed by atoms with van der Waals surface area (Å²) in [6, 6.07) is 23.4. The van der Waals surface area contributed by atoms with Crippen molar-refractivity contribution in [3.8, 4) is 21.9 Å². The summed E-state index contributed by atoms with van der Waals surface area (Å²) in [6.07, 6.45) is 1.93. The third kappa shape index (κ3) is 6.88. The molecule has 57 heavy (non-hydrogen) atoms. The molecule has 14 heteroatoms. The van der Waals surface area contributed by atoms with Gasteiger partial charge in [-0.15, -0.1) is 11.3 Å². The molecule has 12 nitrogen and oxygen atoms in total. The van der Waals surface area contributed by atoms with E-state index in [4.69, 9.17) is 19.0 Å². The number of aryl methyl sites for hydroxylation is 1. The summed E-state index contributed by atoms with van der Waals surface area (Å²) in [5, 5.41) is 4.03. The number of benzene rings is 3. The van der Waals surface area contributed by atoms with Gasteiger partial charge in [0, 0.05) is 59.3 Å². The second kappa shape index (κ2) is 15.5. The lowest BCUT2D eigenvalue weighted by molar-refractivity contribution is 0.0691. The lowest BCUT2D eigenvalue weighted by Gasteiger charge is -2.35. The second-order valence-corrected chi connectivity index (χ2v) is 16.8. The average Bonchev–Trinajstić information content (AvgIpc) is 3.89. The number of carbonyl (C=O) groups excluding carboxylic acids is 1. The SMILES string of the molecule is CCOc1cc2c(cc1OC)C(c1ccc(C(=O)N3CCC(n4c(=O)c5sc(-c6ccccc6)cc5n(Cc5noc(C)n5)c4=O)CC3)cc1)=N[C@@H]1CCSC[C@H]21. The Balaban J connectivity index is 0.966. The van der Waals surface area contributed by atoms with Crippen LogP contribution in [-0.4, -0.2) is 80.1 Å². The Bertz CT molecular complexity index is 2620. The molecule has 0 unspecified atom stereocenters. The molecule has 0 radical (unpaired) electrons. The maximum atomic E-state index is 14.2. The van der Waals surface area contributed by atoms with E-state index in [9.17, 15) is 14.4 Å². The number of thioether (sulfide) groups is 1. The molecule has 3 aliphatic rings. The van der Waals surface area contributed by atoms with Crippen LogP contribution in [0.4, 0.5) is 0 Å². The highest BCUT2D eigenvalue weighted by Gasteiger charge is 2.35. The first-order chi connectivity index (χ1) is 27.8. The van der Waals surface area contributed by atoms with Crippen molar-refractivity contribution >= 4 is 44.9 Å². The normalized spacial score (nSPS) is 18.2. The van der Waals surface area contributed by atoms with Gasteiger partial charge in [-0.05, 0) is 73.4 Å². The molecule has 2 atom stereocenters. The highest BCUT2D eigenvalue weighted by atomic mass is 32.2. The van der Waals surface area contributed by atoms with E-state index in [-0.39, 0.29) is 30.1 Å². The van der Waals surface area contributed by atoms with Gasteiger partial charge in [0.2, 0.25) is 5.89 Å². The Morgan fingerprint density at radius 2 is 1.75 bits per heavy atom. The molecular formula is C43H42N6O6S2. The van der Waals surface area contributed by atoms with Crippen LogP contribution < -0.4 is 20.7 Å². The molecule has 3 aliphatic heterocycles. The molecule has 2 fully saturated rings. The van der Waals surface area contributed by atoms with Crippen molar-refractivity contribution in [2.24, 2.45) is 4.99 Å². The van der Waals surface area contributed by atoms with E-state index in [1.54, 1.807) is 18.6 Å². The Hall–Kier alpha value is -5.47. The van der Waals surface area contributed by atoms with Gasteiger partial charge < -0.3 is 18.9 Å². The molecule has 0 saturated carbocycles. The third-order valence-corrected chi connectivity index (χ3v) is 13.5. The van der Waals surface area contributed by atoms with Crippen LogP contribution in [-0.2, 0) is 6.54 Å². The number of fused-ring (bicyclic) bond motifs is 4. The van der Waals surface area contributed by atoms with Crippen molar-refractivity contribution < 1.29 is 18.8 Å². The number of rotatable bonds is 9. The first kappa shape index (κ1) is 37.1. The van der Waals surface area contributed by atoms with E-state index in [0.717, 1.165) is 51.0 Å². The molecular weight excluding hydrogens is 761 g/mol. The number of amides is 1. The lowest BCUT2D eigenvalue weighted by atomic mass is 9.81. The molecule has 0 N–H and O–H groups in total. The predicted molar refractivity (Wildman–Crippen MR) is 223 cm³/mol. The van der Waals surface area contributed by atoms with Crippen LogP contribution >= 0.6 is 23.1 Å². The molecule has 6 heterocycles. The van der Waals surface area contributed by atoms with Crippen molar-refractivity contribution in [2.75, 3.05) is 38.3 Å². The standard InChI is InChI=1S/C43H42N6O6S2/c1-4-54-36-20-30-31(21-35(36)53-3)39(45-33-16-19-56-24-32(30)33)27-10-12-28(13-11-27)41(50)47-17-14-29(15-18-47)49-42(51)40-34(22-37(57-40)26-8-6-5-7-9-26)48(43(49)52)23-38-44-25(2)55-46-38/h5-13,20-22,29,32-33H,4,14-19,23-24H2,1-3H3/t32-,33-/m1/s1. The number of piperidine rings is 1. The van der Waals surface area contributed by atoms with Gasteiger partial charge in [0.05, 0.1) is 37.5 Å². The van der Waals surface area contributed by atoms with Gasteiger partial charge >= 0.3 is 5.69 Å². The van der Waals surface area contributed by atoms with Crippen LogP contribution in [0.2, 0.25) is 0 Å². The number of likely N-dealkylation sites (tertiary alicyclic amines) is 1. The van der Waals surface area contributed by atoms with Crippen molar-refractivity contribution in [1.82, 2.24) is 24.2 Å². The lowest BCUT2D eigenvalue weighted by Crippen LogP contribution is -2.46. The zero-order chi connectivity index (χ0) is 39.2. The molecule has 0 bridgehead atoms. The van der Waals surface area contributed by atoms with Gasteiger partial charge in [0.15, 0.2) is 17.3 Å². The summed E-state index contributed by atoms with van der Waals surface area (Å²) in [5.41, 5.74) is 5.46. The topological polar surface area (TPSA) is 134 Å². The Morgan fingerprint density at radius 1 is 0.965 bits per heavy atom. The summed E-state index contributed by atoms with van der Waals surface area (Å²) >= 11 is 3.34. The largest absolute Gasteiger partial charge is 0.493 e. The zero-order valence-electron chi connectivity index (χ0n) is 32.0. The smallest absolute Gasteiger partial charge is 0.332 e. The average molecular weight is 803 g/mol. The number of hydrogen-bond donors (Lipinski definition) is 0. The van der Waals surface area contributed by atoms with E-state index in [0.29, 0.717) is 71.7 Å². The number of nitrogens with zero attached hydrogens (tertiary/aromatic N) is 6. The summed E-state index contributed by atoms with van der Waals surface area (Å²) < 4.78 is 20.3. The zero-order valence-corrected chi connectivity index (χ0v) is 33.6. The second-order valence-electron chi connectivity index (χ2n) is 14.6. The van der Waals surface area contributed by atoms with Gasteiger partial charge in [0.1, 0.15) is 4.70 Å². The quantitative estimate of drug-likeness (QED) is 0.152. The summed E-state index contributed by atoms with van der Waals surface area (Å²) in [7, 11) is 1.66. The van der Waals surface area contributed by atoms with Gasteiger partial charge in [-0.2, -0.15) is 16.7 Å². The number of methoxy groups -OCH3 is 1. The van der Waals surface area contributed by atoms with Crippen molar-refractivity contribution in [3.63, 3.8) is 0 Å². The third-order valence-electron chi connectivity index (χ3n) is 11.2. The number of aromatic nitrogens is 4. The maximum Gasteiger partial charge on any atom is 0.332 e. The molecule has 0 aliphatic carbocycles. The van der Waals surface area contributed by atoms with Gasteiger partial charge in [0.25, 0.3) is 11.5 Å². The van der Waals surface area contributed by atoms with Crippen LogP contribution in [0.15, 0.2) is 91.9 Å². The first-order valence-corrected chi connectivity index (χ1v) is 21.3. The van der Waals surface area contributed by atoms with Gasteiger partial charge in [-0.1, -0.05) is 47.6 Å². The fourth-order valence-corrected chi connectivity index (χ4v) is 10.7. The molecule has 3 aromatic carbocycles. The van der Waals surface area contributed by atoms with Crippen molar-refractivity contribution in [3.05, 3.63) is 128 Å². The van der Waals surface area contributed by atoms with Crippen LogP contribution in [0.5, 0.6) is 11.5 Å². The van der Waals surface area contributed by atoms with Crippen LogP contribution in [0, 0.1) is 6.92 Å². The first-order valence-electron chi connectivity index (χ1n) is 19.3. The minimum Gasteiger partial charge on any atom is -0.493 e. The van der Waals surface area contributed by atoms with E-state index < -0.39 is 5.69 Å².